The van der Waals surface area contributed by atoms with Crippen molar-refractivity contribution in [2.75, 3.05) is 13.4 Å². The molecule has 1 aromatic carbocycles. The van der Waals surface area contributed by atoms with Crippen molar-refractivity contribution in [2.24, 2.45) is 0 Å². The van der Waals surface area contributed by atoms with Gasteiger partial charge in [-0.2, -0.15) is 11.8 Å². The molecule has 0 saturated heterocycles. The van der Waals surface area contributed by atoms with Gasteiger partial charge in [-0.05, 0) is 44.9 Å². The Labute approximate surface area is 121 Å². The molecular weight excluding hydrogens is 254 g/mol. The van der Waals surface area contributed by atoms with Crippen molar-refractivity contribution in [3.05, 3.63) is 29.8 Å². The van der Waals surface area contributed by atoms with Gasteiger partial charge in [-0.25, -0.2) is 0 Å². The molecule has 0 aromatic heterocycles. The minimum absolute atomic E-state index is 0.354. The van der Waals surface area contributed by atoms with Crippen LogP contribution in [0.2, 0.25) is 0 Å². The van der Waals surface area contributed by atoms with Gasteiger partial charge in [0.05, 0.1) is 7.11 Å². The van der Waals surface area contributed by atoms with Crippen LogP contribution in [-0.2, 0) is 0 Å². The molecule has 0 heterocycles. The lowest BCUT2D eigenvalue weighted by atomic mass is 9.93. The Morgan fingerprint density at radius 3 is 2.53 bits per heavy atom. The van der Waals surface area contributed by atoms with E-state index in [9.17, 15) is 0 Å². The summed E-state index contributed by atoms with van der Waals surface area (Å²) in [5.41, 5.74) is 1.26. The van der Waals surface area contributed by atoms with Crippen molar-refractivity contribution in [1.29, 1.82) is 0 Å². The third-order valence-electron chi connectivity index (χ3n) is 4.10. The van der Waals surface area contributed by atoms with E-state index < -0.39 is 0 Å². The monoisotopic (exact) mass is 279 g/mol. The summed E-state index contributed by atoms with van der Waals surface area (Å²) in [6, 6.07) is 9.32. The van der Waals surface area contributed by atoms with Gasteiger partial charge in [-0.15, -0.1) is 0 Å². The third kappa shape index (κ3) is 3.90. The molecule has 1 aliphatic rings. The van der Waals surface area contributed by atoms with Gasteiger partial charge >= 0.3 is 0 Å². The van der Waals surface area contributed by atoms with E-state index in [2.05, 4.69) is 30.6 Å². The summed E-state index contributed by atoms with van der Waals surface area (Å²) in [6.45, 7) is 2.23. The minimum Gasteiger partial charge on any atom is -0.496 e. The van der Waals surface area contributed by atoms with Gasteiger partial charge in [0.15, 0.2) is 0 Å². The largest absolute Gasteiger partial charge is 0.496 e. The topological polar surface area (TPSA) is 21.3 Å². The van der Waals surface area contributed by atoms with E-state index in [4.69, 9.17) is 4.74 Å². The van der Waals surface area contributed by atoms with E-state index in [0.29, 0.717) is 12.1 Å². The summed E-state index contributed by atoms with van der Waals surface area (Å²) in [7, 11) is 1.75. The molecule has 0 aliphatic heterocycles. The van der Waals surface area contributed by atoms with Crippen LogP contribution in [0.15, 0.2) is 24.3 Å². The SMILES string of the molecule is COc1ccccc1C(C)NC1CCC(SC)CC1. The lowest BCUT2D eigenvalue weighted by Gasteiger charge is -2.31. The smallest absolute Gasteiger partial charge is 0.123 e. The van der Waals surface area contributed by atoms with Crippen LogP contribution in [0, 0.1) is 0 Å². The molecule has 1 saturated carbocycles. The quantitative estimate of drug-likeness (QED) is 0.879. The van der Waals surface area contributed by atoms with Crippen molar-refractivity contribution >= 4 is 11.8 Å². The second-order valence-corrected chi connectivity index (χ2v) is 6.48. The first-order valence-electron chi connectivity index (χ1n) is 7.16. The second-order valence-electron chi connectivity index (χ2n) is 5.34. The van der Waals surface area contributed by atoms with Gasteiger partial charge in [0.1, 0.15) is 5.75 Å². The first-order chi connectivity index (χ1) is 9.24. The maximum atomic E-state index is 5.45. The molecule has 1 N–H and O–H groups in total. The van der Waals surface area contributed by atoms with Gasteiger partial charge in [0, 0.05) is 22.9 Å². The third-order valence-corrected chi connectivity index (χ3v) is 5.24. The Morgan fingerprint density at radius 2 is 1.89 bits per heavy atom. The van der Waals surface area contributed by atoms with Crippen molar-refractivity contribution < 1.29 is 4.74 Å². The highest BCUT2D eigenvalue weighted by Gasteiger charge is 2.22. The molecule has 2 rings (SSSR count). The van der Waals surface area contributed by atoms with Gasteiger partial charge < -0.3 is 10.1 Å². The molecular formula is C16H25NOS. The number of rotatable bonds is 5. The molecule has 1 fully saturated rings. The number of ether oxygens (including phenoxy) is 1. The normalized spacial score (nSPS) is 25.0. The predicted octanol–water partition coefficient (Wildman–Crippen LogP) is 4.02. The molecule has 3 heteroatoms. The van der Waals surface area contributed by atoms with Crippen LogP contribution in [-0.4, -0.2) is 24.7 Å². The number of thioether (sulfide) groups is 1. The molecule has 1 atom stereocenters. The maximum Gasteiger partial charge on any atom is 0.123 e. The molecule has 106 valence electrons. The van der Waals surface area contributed by atoms with Crippen LogP contribution in [0.3, 0.4) is 0 Å². The fraction of sp³-hybridized carbons (Fsp3) is 0.625. The zero-order valence-electron chi connectivity index (χ0n) is 12.2. The second kappa shape index (κ2) is 7.20. The molecule has 19 heavy (non-hydrogen) atoms. The van der Waals surface area contributed by atoms with Crippen molar-refractivity contribution in [3.8, 4) is 5.75 Å². The first kappa shape index (κ1) is 14.7. The zero-order chi connectivity index (χ0) is 13.7. The average molecular weight is 279 g/mol. The van der Waals surface area contributed by atoms with E-state index >= 15 is 0 Å². The van der Waals surface area contributed by atoms with E-state index in [1.807, 2.05) is 23.9 Å². The van der Waals surface area contributed by atoms with E-state index in [-0.39, 0.29) is 0 Å². The molecule has 0 spiro atoms. The van der Waals surface area contributed by atoms with Crippen LogP contribution in [0.4, 0.5) is 0 Å². The summed E-state index contributed by atoms with van der Waals surface area (Å²) in [4.78, 5) is 0. The Morgan fingerprint density at radius 1 is 1.21 bits per heavy atom. The number of benzene rings is 1. The highest BCUT2D eigenvalue weighted by molar-refractivity contribution is 7.99. The fourth-order valence-corrected chi connectivity index (χ4v) is 3.68. The Hall–Kier alpha value is -0.670. The van der Waals surface area contributed by atoms with Crippen molar-refractivity contribution in [3.63, 3.8) is 0 Å². The highest BCUT2D eigenvalue weighted by atomic mass is 32.2. The molecule has 1 aromatic rings. The molecule has 0 amide bonds. The first-order valence-corrected chi connectivity index (χ1v) is 8.45. The highest BCUT2D eigenvalue weighted by Crippen LogP contribution is 2.30. The fourth-order valence-electron chi connectivity index (χ4n) is 2.93. The average Bonchev–Trinajstić information content (AvgIpc) is 2.48. The lowest BCUT2D eigenvalue weighted by molar-refractivity contribution is 0.343. The van der Waals surface area contributed by atoms with Gasteiger partial charge in [-0.3, -0.25) is 0 Å². The van der Waals surface area contributed by atoms with Crippen LogP contribution < -0.4 is 10.1 Å². The summed E-state index contributed by atoms with van der Waals surface area (Å²) in [6.07, 6.45) is 7.51. The van der Waals surface area contributed by atoms with Crippen LogP contribution >= 0.6 is 11.8 Å². The number of nitrogens with one attached hydrogen (secondary N) is 1. The van der Waals surface area contributed by atoms with Crippen LogP contribution in [0.1, 0.15) is 44.2 Å². The van der Waals surface area contributed by atoms with Crippen LogP contribution in [0.25, 0.3) is 0 Å². The van der Waals surface area contributed by atoms with Gasteiger partial charge in [-0.1, -0.05) is 18.2 Å². The Balaban J connectivity index is 1.92. The van der Waals surface area contributed by atoms with Crippen LogP contribution in [0.5, 0.6) is 5.75 Å². The number of methoxy groups -OCH3 is 1. The van der Waals surface area contributed by atoms with E-state index in [1.165, 1.54) is 31.2 Å². The maximum absolute atomic E-state index is 5.45. The summed E-state index contributed by atoms with van der Waals surface area (Å²) >= 11 is 2.02. The molecule has 1 aliphatic carbocycles. The number of para-hydroxylation sites is 1. The lowest BCUT2D eigenvalue weighted by Crippen LogP contribution is -2.35. The number of hydrogen-bond acceptors (Lipinski definition) is 3. The predicted molar refractivity (Wildman–Crippen MR) is 84.1 cm³/mol. The van der Waals surface area contributed by atoms with Crippen molar-refractivity contribution in [1.82, 2.24) is 5.32 Å². The molecule has 0 radical (unpaired) electrons. The van der Waals surface area contributed by atoms with E-state index in [0.717, 1.165) is 11.0 Å². The Bertz CT molecular complexity index is 388. The zero-order valence-corrected chi connectivity index (χ0v) is 13.0. The number of hydrogen-bond donors (Lipinski definition) is 1. The van der Waals surface area contributed by atoms with Gasteiger partial charge in [0.25, 0.3) is 0 Å². The molecule has 1 unspecified atom stereocenters. The standard InChI is InChI=1S/C16H25NOS/c1-12(15-6-4-5-7-16(15)18-2)17-13-8-10-14(19-3)11-9-13/h4-7,12-14,17H,8-11H2,1-3H3. The molecule has 2 nitrogen and oxygen atoms in total. The minimum atomic E-state index is 0.354. The summed E-state index contributed by atoms with van der Waals surface area (Å²) in [5.74, 6) is 0.986. The van der Waals surface area contributed by atoms with Gasteiger partial charge in [0.2, 0.25) is 0 Å². The molecule has 0 bridgehead atoms. The Kier molecular flexibility index (Phi) is 5.59. The van der Waals surface area contributed by atoms with E-state index in [1.54, 1.807) is 7.11 Å². The van der Waals surface area contributed by atoms with Crippen molar-refractivity contribution in [2.45, 2.75) is 49.9 Å². The summed E-state index contributed by atoms with van der Waals surface area (Å²) < 4.78 is 5.45. The summed E-state index contributed by atoms with van der Waals surface area (Å²) in [5, 5.41) is 4.64.